The number of anilines is 2. The molecule has 0 N–H and O–H groups in total. The smallest absolute Gasteiger partial charge is 0.416 e. The molecule has 5 rings (SSSR count). The summed E-state index contributed by atoms with van der Waals surface area (Å²) in [5, 5.41) is 0. The van der Waals surface area contributed by atoms with E-state index in [1.165, 1.54) is 17.8 Å². The topological polar surface area (TPSA) is 36.0 Å². The van der Waals surface area contributed by atoms with Gasteiger partial charge in [-0.15, -0.1) is 0 Å². The summed E-state index contributed by atoms with van der Waals surface area (Å²) in [5.74, 6) is 0. The minimum Gasteiger partial charge on any atom is -0.436 e. The number of rotatable bonds is 6. The lowest BCUT2D eigenvalue weighted by Gasteiger charge is -2.39. The first-order valence-corrected chi connectivity index (χ1v) is 13.2. The summed E-state index contributed by atoms with van der Waals surface area (Å²) < 4.78 is 46.1. The lowest BCUT2D eigenvalue weighted by molar-refractivity contribution is -0.137. The fourth-order valence-electron chi connectivity index (χ4n) is 5.31. The number of nitrogens with zero attached hydrogens (tertiary/aromatic N) is 3. The number of halogens is 3. The summed E-state index contributed by atoms with van der Waals surface area (Å²) >= 11 is 1.51. The van der Waals surface area contributed by atoms with Crippen LogP contribution in [0.15, 0.2) is 64.5 Å². The molecule has 9 heteroatoms. The third-order valence-electron chi connectivity index (χ3n) is 7.27. The van der Waals surface area contributed by atoms with Crippen LogP contribution in [-0.2, 0) is 10.9 Å². The Hall–Kier alpha value is -2.65. The van der Waals surface area contributed by atoms with E-state index >= 15 is 0 Å². The number of hydrogen-bond donors (Lipinski definition) is 0. The number of fused-ring (bicyclic) bond motifs is 2. The maximum absolute atomic E-state index is 13.4. The average Bonchev–Trinajstić information content (AvgIpc) is 3.08. The third-order valence-corrected chi connectivity index (χ3v) is 8.41. The number of hydrogen-bond acceptors (Lipinski definition) is 5. The number of amides is 1. The van der Waals surface area contributed by atoms with Crippen molar-refractivity contribution in [3.05, 3.63) is 60.3 Å². The molecule has 1 spiro atoms. The van der Waals surface area contributed by atoms with E-state index in [-0.39, 0.29) is 6.09 Å². The van der Waals surface area contributed by atoms with Crippen molar-refractivity contribution in [1.82, 2.24) is 9.80 Å². The van der Waals surface area contributed by atoms with E-state index in [1.807, 2.05) is 36.1 Å². The van der Waals surface area contributed by atoms with Crippen LogP contribution in [-0.4, -0.2) is 54.2 Å². The molecule has 5 nitrogen and oxygen atoms in total. The standard InChI is InChI=1S/C27H30F3N3O2S/c1-3-13-32-19(2)26(35-25(32)34)11-16-31(17-12-26)14-6-15-33-21-7-4-5-8-23(21)36-24-10-9-20(18-22(24)33)27(28,29)30/h4-5,7-10,18H,2-3,6,11-17H2,1H3. The molecule has 2 fully saturated rings. The number of alkyl halides is 3. The van der Waals surface area contributed by atoms with Gasteiger partial charge in [-0.05, 0) is 49.7 Å². The van der Waals surface area contributed by atoms with Gasteiger partial charge < -0.3 is 14.5 Å². The van der Waals surface area contributed by atoms with Gasteiger partial charge in [-0.25, -0.2) is 4.79 Å². The van der Waals surface area contributed by atoms with Crippen molar-refractivity contribution < 1.29 is 22.7 Å². The van der Waals surface area contributed by atoms with Crippen molar-refractivity contribution in [1.29, 1.82) is 0 Å². The van der Waals surface area contributed by atoms with Crippen LogP contribution in [0.25, 0.3) is 0 Å². The summed E-state index contributed by atoms with van der Waals surface area (Å²) in [7, 11) is 0. The molecule has 2 saturated heterocycles. The Morgan fingerprint density at radius 2 is 1.72 bits per heavy atom. The van der Waals surface area contributed by atoms with Crippen molar-refractivity contribution in [2.45, 2.75) is 54.2 Å². The van der Waals surface area contributed by atoms with Gasteiger partial charge in [0.25, 0.3) is 0 Å². The number of carbonyl (C=O) groups excluding carboxylic acids is 1. The Bertz CT molecular complexity index is 1160. The monoisotopic (exact) mass is 517 g/mol. The van der Waals surface area contributed by atoms with Crippen LogP contribution in [0.1, 0.15) is 38.2 Å². The van der Waals surface area contributed by atoms with Crippen LogP contribution in [0, 0.1) is 0 Å². The zero-order valence-electron chi connectivity index (χ0n) is 20.3. The van der Waals surface area contributed by atoms with E-state index in [4.69, 9.17) is 4.74 Å². The van der Waals surface area contributed by atoms with Crippen molar-refractivity contribution in [2.75, 3.05) is 37.6 Å². The Labute approximate surface area is 213 Å². The molecule has 3 aliphatic rings. The zero-order valence-corrected chi connectivity index (χ0v) is 21.1. The number of para-hydroxylation sites is 1. The summed E-state index contributed by atoms with van der Waals surface area (Å²) in [6.45, 7) is 9.81. The zero-order chi connectivity index (χ0) is 25.5. The highest BCUT2D eigenvalue weighted by Gasteiger charge is 2.50. The van der Waals surface area contributed by atoms with Gasteiger partial charge >= 0.3 is 12.3 Å². The predicted octanol–water partition coefficient (Wildman–Crippen LogP) is 6.91. The van der Waals surface area contributed by atoms with Crippen LogP contribution < -0.4 is 4.90 Å². The van der Waals surface area contributed by atoms with Crippen LogP contribution in [0.3, 0.4) is 0 Å². The summed E-state index contributed by atoms with van der Waals surface area (Å²) in [4.78, 5) is 20.2. The number of ether oxygens (including phenoxy) is 1. The molecule has 0 saturated carbocycles. The van der Waals surface area contributed by atoms with E-state index in [0.717, 1.165) is 59.7 Å². The second kappa shape index (κ2) is 9.67. The summed E-state index contributed by atoms with van der Waals surface area (Å²) in [6, 6.07) is 11.9. The van der Waals surface area contributed by atoms with Gasteiger partial charge in [0.15, 0.2) is 5.60 Å². The molecule has 0 aliphatic carbocycles. The minimum absolute atomic E-state index is 0.297. The molecule has 0 atom stereocenters. The fraction of sp³-hybridized carbons (Fsp3) is 0.444. The van der Waals surface area contributed by atoms with Gasteiger partial charge in [0.05, 0.1) is 22.6 Å². The van der Waals surface area contributed by atoms with Gasteiger partial charge in [0.1, 0.15) is 0 Å². The largest absolute Gasteiger partial charge is 0.436 e. The van der Waals surface area contributed by atoms with Crippen molar-refractivity contribution in [2.24, 2.45) is 0 Å². The molecule has 0 radical (unpaired) electrons. The van der Waals surface area contributed by atoms with Gasteiger partial charge in [-0.3, -0.25) is 4.90 Å². The van der Waals surface area contributed by atoms with Crippen LogP contribution in [0.2, 0.25) is 0 Å². The lowest BCUT2D eigenvalue weighted by atomic mass is 9.88. The van der Waals surface area contributed by atoms with Gasteiger partial charge in [0, 0.05) is 48.8 Å². The first-order chi connectivity index (χ1) is 17.2. The molecular formula is C27H30F3N3O2S. The van der Waals surface area contributed by atoms with Crippen LogP contribution in [0.5, 0.6) is 0 Å². The second-order valence-electron chi connectivity index (χ2n) is 9.56. The predicted molar refractivity (Wildman–Crippen MR) is 135 cm³/mol. The summed E-state index contributed by atoms with van der Waals surface area (Å²) in [5.41, 5.74) is 1.09. The van der Waals surface area contributed by atoms with E-state index in [0.29, 0.717) is 31.6 Å². The van der Waals surface area contributed by atoms with E-state index in [1.54, 1.807) is 11.0 Å². The number of likely N-dealkylation sites (tertiary alicyclic amines) is 1. The summed E-state index contributed by atoms with van der Waals surface area (Å²) in [6.07, 6.45) is -1.62. The number of carbonyl (C=O) groups is 1. The SMILES string of the molecule is C=C1N(CCC)C(=O)OC12CCN(CCCN1c3ccccc3Sc3ccc(C(F)(F)F)cc31)CC2. The average molecular weight is 518 g/mol. The van der Waals surface area contributed by atoms with Crippen LogP contribution >= 0.6 is 11.8 Å². The first-order valence-electron chi connectivity index (χ1n) is 12.4. The molecule has 2 aromatic rings. The van der Waals surface area contributed by atoms with Gasteiger partial charge in [-0.1, -0.05) is 37.4 Å². The van der Waals surface area contributed by atoms with E-state index in [2.05, 4.69) is 11.5 Å². The highest BCUT2D eigenvalue weighted by atomic mass is 32.2. The van der Waals surface area contributed by atoms with Crippen molar-refractivity contribution in [3.63, 3.8) is 0 Å². The highest BCUT2D eigenvalue weighted by molar-refractivity contribution is 7.99. The molecule has 0 aromatic heterocycles. The quantitative estimate of drug-likeness (QED) is 0.416. The van der Waals surface area contributed by atoms with Gasteiger partial charge in [0.2, 0.25) is 0 Å². The Morgan fingerprint density at radius 3 is 2.44 bits per heavy atom. The molecule has 192 valence electrons. The van der Waals surface area contributed by atoms with Gasteiger partial charge in [-0.2, -0.15) is 13.2 Å². The molecule has 0 bridgehead atoms. The fourth-order valence-corrected chi connectivity index (χ4v) is 6.39. The molecule has 2 aromatic carbocycles. The maximum Gasteiger partial charge on any atom is 0.416 e. The number of piperidine rings is 1. The van der Waals surface area contributed by atoms with E-state index < -0.39 is 17.3 Å². The number of benzene rings is 2. The Morgan fingerprint density at radius 1 is 1.00 bits per heavy atom. The molecule has 3 aliphatic heterocycles. The Kier molecular flexibility index (Phi) is 6.72. The van der Waals surface area contributed by atoms with E-state index in [9.17, 15) is 18.0 Å². The molecular weight excluding hydrogens is 487 g/mol. The molecule has 3 heterocycles. The Balaban J connectivity index is 1.25. The molecule has 0 unspecified atom stereocenters. The first kappa shape index (κ1) is 25.0. The third kappa shape index (κ3) is 4.59. The minimum atomic E-state index is -4.38. The molecule has 36 heavy (non-hydrogen) atoms. The lowest BCUT2D eigenvalue weighted by Crippen LogP contribution is -2.46. The molecule has 1 amide bonds. The maximum atomic E-state index is 13.4. The van der Waals surface area contributed by atoms with Crippen LogP contribution in [0.4, 0.5) is 29.3 Å². The normalized spacial score (nSPS) is 19.4. The second-order valence-corrected chi connectivity index (χ2v) is 10.6. The van der Waals surface area contributed by atoms with Crippen molar-refractivity contribution >= 4 is 29.2 Å². The highest BCUT2D eigenvalue weighted by Crippen LogP contribution is 2.49. The van der Waals surface area contributed by atoms with Crippen molar-refractivity contribution in [3.8, 4) is 0 Å².